The molecule has 108 valence electrons. The largest absolute Gasteiger partial charge is 0.375 e. The van der Waals surface area contributed by atoms with Gasteiger partial charge in [-0.15, -0.1) is 0 Å². The molecule has 3 fully saturated rings. The Morgan fingerprint density at radius 3 is 2.60 bits per heavy atom. The topological polar surface area (TPSA) is 47.3 Å². The summed E-state index contributed by atoms with van der Waals surface area (Å²) in [4.78, 5) is 0. The summed E-state index contributed by atoms with van der Waals surface area (Å²) in [7, 11) is 0. The molecule has 20 heavy (non-hydrogen) atoms. The van der Waals surface area contributed by atoms with Gasteiger partial charge in [0, 0.05) is 5.92 Å². The molecule has 0 spiro atoms. The highest BCUT2D eigenvalue weighted by Crippen LogP contribution is 2.47. The number of hydrogen-bond acceptors (Lipinski definition) is 3. The highest BCUT2D eigenvalue weighted by molar-refractivity contribution is 5.35. The second-order valence-corrected chi connectivity index (χ2v) is 6.67. The van der Waals surface area contributed by atoms with Crippen molar-refractivity contribution >= 4 is 0 Å². The normalized spacial score (nSPS) is 34.1. The highest BCUT2D eigenvalue weighted by atomic mass is 16.5. The second-order valence-electron chi connectivity index (χ2n) is 6.67. The molecule has 3 N–H and O–H groups in total. The third-order valence-corrected chi connectivity index (χ3v) is 5.64. The van der Waals surface area contributed by atoms with Crippen LogP contribution in [0.2, 0.25) is 0 Å². The van der Waals surface area contributed by atoms with E-state index in [0.717, 1.165) is 5.92 Å². The molecule has 0 amide bonds. The summed E-state index contributed by atoms with van der Waals surface area (Å²) in [5.41, 5.74) is 6.04. The predicted octanol–water partition coefficient (Wildman–Crippen LogP) is 3.03. The molecule has 0 aromatic heterocycles. The minimum atomic E-state index is 0.252. The van der Waals surface area contributed by atoms with Crippen molar-refractivity contribution in [3.8, 4) is 0 Å². The van der Waals surface area contributed by atoms with Crippen LogP contribution in [0.3, 0.4) is 0 Å². The summed E-state index contributed by atoms with van der Waals surface area (Å²) in [6.07, 6.45) is 8.55. The Balaban J connectivity index is 1.64. The molecule has 1 saturated carbocycles. The van der Waals surface area contributed by atoms with E-state index in [9.17, 15) is 0 Å². The van der Waals surface area contributed by atoms with Crippen LogP contribution in [0, 0.1) is 5.92 Å². The number of nitrogens with one attached hydrogen (secondary N) is 1. The monoisotopic (exact) mass is 272 g/mol. The lowest BCUT2D eigenvalue weighted by Crippen LogP contribution is -2.38. The van der Waals surface area contributed by atoms with Crippen LogP contribution < -0.4 is 11.3 Å². The number of ether oxygens (including phenoxy) is 1. The molecular weight excluding hydrogens is 248 g/mol. The third kappa shape index (κ3) is 2.00. The van der Waals surface area contributed by atoms with E-state index in [0.29, 0.717) is 18.1 Å². The van der Waals surface area contributed by atoms with Crippen molar-refractivity contribution in [1.29, 1.82) is 0 Å². The van der Waals surface area contributed by atoms with Crippen LogP contribution >= 0.6 is 0 Å². The average Bonchev–Trinajstić information content (AvgIpc) is 3.02. The van der Waals surface area contributed by atoms with Crippen LogP contribution in [0.5, 0.6) is 0 Å². The Labute approximate surface area is 120 Å². The number of fused-ring (bicyclic) bond motifs is 2. The van der Waals surface area contributed by atoms with Gasteiger partial charge < -0.3 is 4.74 Å². The van der Waals surface area contributed by atoms with E-state index in [4.69, 9.17) is 10.6 Å². The quantitative estimate of drug-likeness (QED) is 0.654. The average molecular weight is 272 g/mol. The fourth-order valence-corrected chi connectivity index (χ4v) is 4.36. The van der Waals surface area contributed by atoms with Gasteiger partial charge >= 0.3 is 0 Å². The van der Waals surface area contributed by atoms with Gasteiger partial charge in [-0.25, -0.2) is 0 Å². The molecule has 2 saturated heterocycles. The fraction of sp³-hybridized carbons (Fsp3) is 0.647. The molecule has 1 aliphatic carbocycles. The van der Waals surface area contributed by atoms with Crippen molar-refractivity contribution < 1.29 is 4.74 Å². The molecular formula is C17H24N2O. The van der Waals surface area contributed by atoms with Gasteiger partial charge in [0.25, 0.3) is 0 Å². The zero-order valence-electron chi connectivity index (χ0n) is 11.9. The van der Waals surface area contributed by atoms with Gasteiger partial charge in [0.1, 0.15) is 0 Å². The number of rotatable bonds is 4. The van der Waals surface area contributed by atoms with Gasteiger partial charge in [0.15, 0.2) is 0 Å². The molecule has 2 heterocycles. The number of hydrogen-bond donors (Lipinski definition) is 2. The predicted molar refractivity (Wildman–Crippen MR) is 79.1 cm³/mol. The zero-order valence-corrected chi connectivity index (χ0v) is 11.9. The maximum atomic E-state index is 6.03. The van der Waals surface area contributed by atoms with Gasteiger partial charge in [-0.3, -0.25) is 11.3 Å². The lowest BCUT2D eigenvalue weighted by Gasteiger charge is -2.34. The van der Waals surface area contributed by atoms with Crippen LogP contribution in [0.25, 0.3) is 0 Å². The maximum absolute atomic E-state index is 6.03. The molecule has 3 aliphatic rings. The smallest absolute Gasteiger partial charge is 0.0627 e. The van der Waals surface area contributed by atoms with Crippen molar-refractivity contribution in [2.75, 3.05) is 0 Å². The Kier molecular flexibility index (Phi) is 3.29. The Morgan fingerprint density at radius 1 is 1.15 bits per heavy atom. The zero-order chi connectivity index (χ0) is 13.5. The Hall–Kier alpha value is -0.900. The lowest BCUT2D eigenvalue weighted by atomic mass is 9.74. The fourth-order valence-electron chi connectivity index (χ4n) is 4.36. The van der Waals surface area contributed by atoms with Crippen molar-refractivity contribution in [2.24, 2.45) is 11.8 Å². The standard InChI is InChI=1S/C17H24N2O/c18-19-17(15-10-12-8-9-16(15)20-12)14-7-2-1-6-13(14)11-4-3-5-11/h1-2,6-7,11-12,15-17,19H,3-5,8-10,18H2. The highest BCUT2D eigenvalue weighted by Gasteiger charge is 2.45. The number of benzene rings is 1. The number of nitrogens with two attached hydrogens (primary N) is 1. The molecule has 4 rings (SSSR count). The second kappa shape index (κ2) is 5.14. The molecule has 2 aliphatic heterocycles. The van der Waals surface area contributed by atoms with Gasteiger partial charge in [-0.05, 0) is 49.1 Å². The summed E-state index contributed by atoms with van der Waals surface area (Å²) in [5.74, 6) is 7.23. The summed E-state index contributed by atoms with van der Waals surface area (Å²) < 4.78 is 6.03. The minimum absolute atomic E-state index is 0.252. The third-order valence-electron chi connectivity index (χ3n) is 5.64. The molecule has 2 bridgehead atoms. The van der Waals surface area contributed by atoms with Crippen molar-refractivity contribution in [1.82, 2.24) is 5.43 Å². The van der Waals surface area contributed by atoms with Gasteiger partial charge in [0.05, 0.1) is 18.2 Å². The first-order chi connectivity index (χ1) is 9.86. The molecule has 3 heteroatoms. The SMILES string of the molecule is NNC(c1ccccc1C1CCC1)C1CC2CCC1O2. The van der Waals surface area contributed by atoms with E-state index < -0.39 is 0 Å². The molecule has 1 aromatic carbocycles. The maximum Gasteiger partial charge on any atom is 0.0627 e. The summed E-state index contributed by atoms with van der Waals surface area (Å²) >= 11 is 0. The van der Waals surface area contributed by atoms with Crippen LogP contribution in [-0.2, 0) is 4.74 Å². The van der Waals surface area contributed by atoms with Crippen LogP contribution in [0.4, 0.5) is 0 Å². The molecule has 4 unspecified atom stereocenters. The van der Waals surface area contributed by atoms with Gasteiger partial charge in [-0.1, -0.05) is 30.7 Å². The van der Waals surface area contributed by atoms with Crippen LogP contribution in [0.15, 0.2) is 24.3 Å². The van der Waals surface area contributed by atoms with E-state index in [-0.39, 0.29) is 6.04 Å². The summed E-state index contributed by atoms with van der Waals surface area (Å²) in [5, 5.41) is 0. The Morgan fingerprint density at radius 2 is 2.00 bits per heavy atom. The lowest BCUT2D eigenvalue weighted by molar-refractivity contribution is 0.0855. The van der Waals surface area contributed by atoms with E-state index in [1.807, 2.05) is 0 Å². The van der Waals surface area contributed by atoms with Crippen LogP contribution in [0.1, 0.15) is 61.6 Å². The van der Waals surface area contributed by atoms with Crippen LogP contribution in [-0.4, -0.2) is 12.2 Å². The Bertz CT molecular complexity index is 486. The molecule has 1 aromatic rings. The van der Waals surface area contributed by atoms with E-state index in [1.165, 1.54) is 49.7 Å². The summed E-state index contributed by atoms with van der Waals surface area (Å²) in [6, 6.07) is 9.14. The first-order valence-corrected chi connectivity index (χ1v) is 8.07. The van der Waals surface area contributed by atoms with E-state index in [2.05, 4.69) is 29.7 Å². The minimum Gasteiger partial charge on any atom is -0.375 e. The first kappa shape index (κ1) is 12.8. The van der Waals surface area contributed by atoms with Gasteiger partial charge in [0.2, 0.25) is 0 Å². The molecule has 3 nitrogen and oxygen atoms in total. The number of hydrazine groups is 1. The van der Waals surface area contributed by atoms with Crippen molar-refractivity contribution in [3.05, 3.63) is 35.4 Å². The van der Waals surface area contributed by atoms with Crippen molar-refractivity contribution in [3.63, 3.8) is 0 Å². The van der Waals surface area contributed by atoms with E-state index in [1.54, 1.807) is 0 Å². The summed E-state index contributed by atoms with van der Waals surface area (Å²) in [6.45, 7) is 0. The van der Waals surface area contributed by atoms with Crippen molar-refractivity contribution in [2.45, 2.75) is 62.7 Å². The molecule has 0 radical (unpaired) electrons. The van der Waals surface area contributed by atoms with E-state index >= 15 is 0 Å². The first-order valence-electron chi connectivity index (χ1n) is 8.07. The van der Waals surface area contributed by atoms with Gasteiger partial charge in [-0.2, -0.15) is 0 Å². The molecule has 4 atom stereocenters.